The third-order valence-electron chi connectivity index (χ3n) is 3.78. The molecule has 0 saturated carbocycles. The predicted octanol–water partition coefficient (Wildman–Crippen LogP) is -0.352. The summed E-state index contributed by atoms with van der Waals surface area (Å²) in [4.78, 5) is 10.5. The first-order valence-electron chi connectivity index (χ1n) is 7.23. The summed E-state index contributed by atoms with van der Waals surface area (Å²) in [6.07, 6.45) is -6.06. The highest BCUT2D eigenvalue weighted by Gasteiger charge is 2.49. The Bertz CT molecular complexity index is 534. The first-order chi connectivity index (χ1) is 11.1. The van der Waals surface area contributed by atoms with Crippen molar-refractivity contribution in [2.75, 3.05) is 13.2 Å². The standard InChI is InChI=1S/C15H18O8/c16-10(17)7-21-15-12(19)11(18)13-9(22-15)6-20-14(23-13)8-4-2-1-3-5-8/h1-5,9,11-15,18-19H,6-7H2,(H,16,17). The molecule has 0 amide bonds. The number of hydrogen-bond acceptors (Lipinski definition) is 7. The molecule has 3 rings (SSSR count). The van der Waals surface area contributed by atoms with Crippen LogP contribution in [0.1, 0.15) is 11.9 Å². The van der Waals surface area contributed by atoms with E-state index in [1.54, 1.807) is 0 Å². The van der Waals surface area contributed by atoms with E-state index >= 15 is 0 Å². The van der Waals surface area contributed by atoms with Gasteiger partial charge in [0, 0.05) is 5.56 Å². The van der Waals surface area contributed by atoms with E-state index < -0.39 is 49.6 Å². The van der Waals surface area contributed by atoms with Crippen molar-refractivity contribution in [1.82, 2.24) is 0 Å². The van der Waals surface area contributed by atoms with Gasteiger partial charge in [0.25, 0.3) is 0 Å². The summed E-state index contributed by atoms with van der Waals surface area (Å²) in [6, 6.07) is 9.20. The molecule has 8 nitrogen and oxygen atoms in total. The Morgan fingerprint density at radius 1 is 1.17 bits per heavy atom. The number of ether oxygens (including phenoxy) is 4. The van der Waals surface area contributed by atoms with Crippen molar-refractivity contribution in [3.8, 4) is 0 Å². The summed E-state index contributed by atoms with van der Waals surface area (Å²) < 4.78 is 21.7. The van der Waals surface area contributed by atoms with Gasteiger partial charge in [-0.3, -0.25) is 0 Å². The van der Waals surface area contributed by atoms with Gasteiger partial charge in [-0.1, -0.05) is 30.3 Å². The van der Waals surface area contributed by atoms with Crippen LogP contribution in [0.25, 0.3) is 0 Å². The minimum atomic E-state index is -1.41. The van der Waals surface area contributed by atoms with Crippen LogP contribution >= 0.6 is 0 Å². The number of carboxylic acid groups (broad SMARTS) is 1. The van der Waals surface area contributed by atoms with Gasteiger partial charge in [0.2, 0.25) is 0 Å². The highest BCUT2D eigenvalue weighted by atomic mass is 16.8. The van der Waals surface area contributed by atoms with Crippen LogP contribution in [0.15, 0.2) is 30.3 Å². The molecule has 6 unspecified atom stereocenters. The van der Waals surface area contributed by atoms with Crippen molar-refractivity contribution in [3.05, 3.63) is 35.9 Å². The molecule has 2 fully saturated rings. The number of rotatable bonds is 4. The van der Waals surface area contributed by atoms with Crippen molar-refractivity contribution < 1.29 is 39.1 Å². The van der Waals surface area contributed by atoms with Gasteiger partial charge in [-0.25, -0.2) is 4.79 Å². The number of aliphatic hydroxyl groups excluding tert-OH is 2. The number of fused-ring (bicyclic) bond motifs is 1. The first kappa shape index (κ1) is 16.3. The van der Waals surface area contributed by atoms with Crippen LogP contribution in [0.3, 0.4) is 0 Å². The number of aliphatic hydroxyl groups is 2. The second kappa shape index (κ2) is 6.91. The van der Waals surface area contributed by atoms with Gasteiger partial charge in [0.15, 0.2) is 12.6 Å². The molecule has 6 atom stereocenters. The minimum Gasteiger partial charge on any atom is -0.480 e. The molecule has 0 radical (unpaired) electrons. The Hall–Kier alpha value is -1.55. The zero-order chi connectivity index (χ0) is 16.4. The molecule has 2 aliphatic rings. The number of aliphatic carboxylic acids is 1. The smallest absolute Gasteiger partial charge is 0.329 e. The molecule has 3 N–H and O–H groups in total. The third kappa shape index (κ3) is 3.52. The SMILES string of the molecule is O=C(O)COC1OC2COC(c3ccccc3)OC2C(O)C1O. The van der Waals surface area contributed by atoms with Crippen LogP contribution < -0.4 is 0 Å². The van der Waals surface area contributed by atoms with E-state index in [1.165, 1.54) is 0 Å². The first-order valence-corrected chi connectivity index (χ1v) is 7.23. The van der Waals surface area contributed by atoms with Gasteiger partial charge in [-0.2, -0.15) is 0 Å². The van der Waals surface area contributed by atoms with Gasteiger partial charge >= 0.3 is 5.97 Å². The topological polar surface area (TPSA) is 115 Å². The van der Waals surface area contributed by atoms with Crippen LogP contribution in [-0.2, 0) is 23.7 Å². The quantitative estimate of drug-likeness (QED) is 0.688. The average Bonchev–Trinajstić information content (AvgIpc) is 2.57. The van der Waals surface area contributed by atoms with Gasteiger partial charge in [0.1, 0.15) is 31.0 Å². The van der Waals surface area contributed by atoms with Gasteiger partial charge < -0.3 is 34.3 Å². The number of hydrogen-bond donors (Lipinski definition) is 3. The van der Waals surface area contributed by atoms with Crippen molar-refractivity contribution in [1.29, 1.82) is 0 Å². The fourth-order valence-electron chi connectivity index (χ4n) is 2.65. The van der Waals surface area contributed by atoms with Crippen LogP contribution in [-0.4, -0.2) is 65.2 Å². The van der Waals surface area contributed by atoms with E-state index in [0.29, 0.717) is 0 Å². The molecule has 2 aliphatic heterocycles. The summed E-state index contributed by atoms with van der Waals surface area (Å²) in [5, 5.41) is 28.9. The summed E-state index contributed by atoms with van der Waals surface area (Å²) in [6.45, 7) is -0.513. The molecule has 23 heavy (non-hydrogen) atoms. The van der Waals surface area contributed by atoms with Crippen molar-refractivity contribution >= 4 is 5.97 Å². The Balaban J connectivity index is 1.67. The van der Waals surface area contributed by atoms with Gasteiger partial charge in [0.05, 0.1) is 6.61 Å². The van der Waals surface area contributed by atoms with Crippen molar-refractivity contribution in [2.24, 2.45) is 0 Å². The largest absolute Gasteiger partial charge is 0.480 e. The van der Waals surface area contributed by atoms with Crippen molar-refractivity contribution in [3.63, 3.8) is 0 Å². The van der Waals surface area contributed by atoms with E-state index in [1.807, 2.05) is 30.3 Å². The lowest BCUT2D eigenvalue weighted by atomic mass is 9.98. The molecule has 1 aromatic carbocycles. The molecular formula is C15H18O8. The molecule has 2 saturated heterocycles. The zero-order valence-electron chi connectivity index (χ0n) is 12.1. The molecule has 126 valence electrons. The van der Waals surface area contributed by atoms with Crippen LogP contribution in [0.2, 0.25) is 0 Å². The zero-order valence-corrected chi connectivity index (χ0v) is 12.1. The fraction of sp³-hybridized carbons (Fsp3) is 0.533. The van der Waals surface area contributed by atoms with Crippen molar-refractivity contribution in [2.45, 2.75) is 37.0 Å². The Labute approximate surface area is 132 Å². The highest BCUT2D eigenvalue weighted by molar-refractivity contribution is 5.68. The number of carboxylic acids is 1. The molecule has 0 spiro atoms. The Morgan fingerprint density at radius 2 is 1.91 bits per heavy atom. The maximum Gasteiger partial charge on any atom is 0.329 e. The van der Waals surface area contributed by atoms with Gasteiger partial charge in [-0.05, 0) is 0 Å². The average molecular weight is 326 g/mol. The van der Waals surface area contributed by atoms with E-state index in [9.17, 15) is 15.0 Å². The molecule has 0 aromatic heterocycles. The lowest BCUT2D eigenvalue weighted by Gasteiger charge is -2.46. The van der Waals surface area contributed by atoms with Crippen LogP contribution in [0.5, 0.6) is 0 Å². The number of benzene rings is 1. The summed E-state index contributed by atoms with van der Waals surface area (Å²) in [5.74, 6) is -1.20. The van der Waals surface area contributed by atoms with Gasteiger partial charge in [-0.15, -0.1) is 0 Å². The molecule has 2 heterocycles. The molecule has 0 aliphatic carbocycles. The Kier molecular flexibility index (Phi) is 4.90. The second-order valence-electron chi connectivity index (χ2n) is 5.41. The molecule has 1 aromatic rings. The summed E-state index contributed by atoms with van der Waals surface area (Å²) in [5.41, 5.74) is 0.789. The summed E-state index contributed by atoms with van der Waals surface area (Å²) >= 11 is 0. The monoisotopic (exact) mass is 326 g/mol. The van der Waals surface area contributed by atoms with E-state index in [-0.39, 0.29) is 6.61 Å². The second-order valence-corrected chi connectivity index (χ2v) is 5.41. The number of carbonyl (C=O) groups is 1. The maximum absolute atomic E-state index is 10.5. The summed E-state index contributed by atoms with van der Waals surface area (Å²) in [7, 11) is 0. The molecular weight excluding hydrogens is 308 g/mol. The Morgan fingerprint density at radius 3 is 2.61 bits per heavy atom. The normalized spacial score (nSPS) is 37.1. The lowest BCUT2D eigenvalue weighted by molar-refractivity contribution is -0.360. The lowest BCUT2D eigenvalue weighted by Crippen LogP contribution is -2.62. The van der Waals surface area contributed by atoms with Crippen LogP contribution in [0.4, 0.5) is 0 Å². The molecule has 0 bridgehead atoms. The van der Waals surface area contributed by atoms with E-state index in [4.69, 9.17) is 24.1 Å². The third-order valence-corrected chi connectivity index (χ3v) is 3.78. The predicted molar refractivity (Wildman–Crippen MR) is 74.3 cm³/mol. The van der Waals surface area contributed by atoms with E-state index in [2.05, 4.69) is 0 Å². The maximum atomic E-state index is 10.5. The fourth-order valence-corrected chi connectivity index (χ4v) is 2.65. The highest BCUT2D eigenvalue weighted by Crippen LogP contribution is 2.34. The molecule has 8 heteroatoms. The van der Waals surface area contributed by atoms with Crippen LogP contribution in [0, 0.1) is 0 Å². The minimum absolute atomic E-state index is 0.126. The van der Waals surface area contributed by atoms with E-state index in [0.717, 1.165) is 5.56 Å².